The van der Waals surface area contributed by atoms with Crippen LogP contribution in [0.15, 0.2) is 0 Å². The first-order valence-corrected chi connectivity index (χ1v) is 47.4. The van der Waals surface area contributed by atoms with Crippen LogP contribution in [0.5, 0.6) is 0 Å². The maximum absolute atomic E-state index is 13.1. The molecule has 0 rings (SSSR count). The van der Waals surface area contributed by atoms with Crippen LogP contribution >= 0.6 is 15.6 Å². The predicted molar refractivity (Wildman–Crippen MR) is 432 cm³/mol. The van der Waals surface area contributed by atoms with Crippen molar-refractivity contribution in [1.29, 1.82) is 0 Å². The Morgan fingerprint density at radius 1 is 0.276 bits per heavy atom. The van der Waals surface area contributed by atoms with Gasteiger partial charge in [0.1, 0.15) is 19.3 Å². The Morgan fingerprint density at radius 2 is 0.486 bits per heavy atom. The van der Waals surface area contributed by atoms with E-state index in [0.29, 0.717) is 25.7 Å². The summed E-state index contributed by atoms with van der Waals surface area (Å²) in [6, 6.07) is 0. The van der Waals surface area contributed by atoms with Gasteiger partial charge in [0.25, 0.3) is 0 Å². The van der Waals surface area contributed by atoms with Gasteiger partial charge < -0.3 is 33.8 Å². The van der Waals surface area contributed by atoms with E-state index in [1.165, 1.54) is 263 Å². The van der Waals surface area contributed by atoms with Crippen LogP contribution in [0.4, 0.5) is 0 Å². The number of aliphatic hydroxyl groups excluding tert-OH is 1. The molecule has 0 heterocycles. The van der Waals surface area contributed by atoms with Gasteiger partial charge in [-0.05, 0) is 43.4 Å². The Balaban J connectivity index is 5.24. The van der Waals surface area contributed by atoms with E-state index in [1.54, 1.807) is 0 Å². The van der Waals surface area contributed by atoms with Crippen LogP contribution in [0.2, 0.25) is 0 Å². The minimum Gasteiger partial charge on any atom is -0.462 e. The van der Waals surface area contributed by atoms with Crippen molar-refractivity contribution < 1.29 is 80.2 Å². The number of hydrogen-bond donors (Lipinski definition) is 3. The summed E-state index contributed by atoms with van der Waals surface area (Å²) >= 11 is 0. The molecule has 0 amide bonds. The highest BCUT2D eigenvalue weighted by atomic mass is 31.2. The van der Waals surface area contributed by atoms with Gasteiger partial charge in [0.05, 0.1) is 26.4 Å². The van der Waals surface area contributed by atoms with Crippen LogP contribution < -0.4 is 0 Å². The van der Waals surface area contributed by atoms with Gasteiger partial charge in [-0.3, -0.25) is 37.3 Å². The number of ether oxygens (including phenoxy) is 4. The Hall–Kier alpha value is -1.94. The SMILES string of the molecule is CCCCCCCCCCCCCCCCC(=O)O[C@H](COC(=O)CCCCCCCCCCCC(C)C)COP(=O)(O)OC[C@H](O)COP(=O)(O)OC[C@@H](COC(=O)CCCCCCCCCCCCCCCCC(C)C)OC(=O)CCCCCCCCCCCCCCCCCCCCC(C)CC. The standard InChI is InChI=1S/C86H168O17P2/c1-8-10-11-12-13-14-15-16-27-33-40-48-55-62-69-85(90)103-82(74-97-84(89)68-61-54-47-42-35-37-44-51-58-65-78(5)6)76-101-105(94,95)99-72-80(87)71-98-104(92,93)100-75-81(73-96-83(88)67-60-53-46-39-32-28-24-23-25-30-36-43-50-57-64-77(3)4)102-86(91)70-63-56-49-41-34-29-22-20-18-17-19-21-26-31-38-45-52-59-66-79(7)9-2/h77-82,87H,8-76H2,1-7H3,(H,92,93)(H,94,95)/t79?,80-,81-,82-/m1/s1. The molecular formula is C86H168O17P2. The van der Waals surface area contributed by atoms with Gasteiger partial charge in [-0.15, -0.1) is 0 Å². The molecule has 624 valence electrons. The zero-order valence-electron chi connectivity index (χ0n) is 69.2. The summed E-state index contributed by atoms with van der Waals surface area (Å²) in [5.41, 5.74) is 0. The second kappa shape index (κ2) is 76.1. The Labute approximate surface area is 645 Å². The van der Waals surface area contributed by atoms with E-state index < -0.39 is 97.5 Å². The number of carbonyl (C=O) groups is 4. The van der Waals surface area contributed by atoms with Crippen LogP contribution in [0, 0.1) is 17.8 Å². The number of phosphoric acid groups is 2. The van der Waals surface area contributed by atoms with Gasteiger partial charge >= 0.3 is 39.5 Å². The fourth-order valence-corrected chi connectivity index (χ4v) is 14.9. The highest BCUT2D eigenvalue weighted by Gasteiger charge is 2.30. The third-order valence-corrected chi connectivity index (χ3v) is 22.4. The van der Waals surface area contributed by atoms with E-state index in [2.05, 4.69) is 48.5 Å². The topological polar surface area (TPSA) is 237 Å². The fourth-order valence-electron chi connectivity index (χ4n) is 13.3. The van der Waals surface area contributed by atoms with Crippen molar-refractivity contribution in [2.75, 3.05) is 39.6 Å². The lowest BCUT2D eigenvalue weighted by molar-refractivity contribution is -0.161. The quantitative estimate of drug-likeness (QED) is 0.0222. The van der Waals surface area contributed by atoms with E-state index in [-0.39, 0.29) is 25.7 Å². The number of rotatable bonds is 84. The number of aliphatic hydroxyl groups is 1. The van der Waals surface area contributed by atoms with Crippen molar-refractivity contribution >= 4 is 39.5 Å². The molecule has 0 bridgehead atoms. The van der Waals surface area contributed by atoms with E-state index >= 15 is 0 Å². The molecule has 0 fully saturated rings. The van der Waals surface area contributed by atoms with Crippen LogP contribution in [0.3, 0.4) is 0 Å². The molecule has 17 nitrogen and oxygen atoms in total. The second-order valence-electron chi connectivity index (χ2n) is 32.1. The molecule has 3 unspecified atom stereocenters. The molecule has 0 aromatic carbocycles. The predicted octanol–water partition coefficient (Wildman–Crippen LogP) is 26.1. The Bertz CT molecular complexity index is 2030. The number of hydrogen-bond acceptors (Lipinski definition) is 15. The van der Waals surface area contributed by atoms with Gasteiger partial charge in [0, 0.05) is 25.7 Å². The van der Waals surface area contributed by atoms with Crippen LogP contribution in [0.1, 0.15) is 453 Å². The summed E-state index contributed by atoms with van der Waals surface area (Å²) in [4.78, 5) is 73.2. The zero-order valence-corrected chi connectivity index (χ0v) is 71.0. The average molecular weight is 1540 g/mol. The molecule has 3 N–H and O–H groups in total. The van der Waals surface area contributed by atoms with Crippen molar-refractivity contribution in [3.8, 4) is 0 Å². The van der Waals surface area contributed by atoms with Crippen molar-refractivity contribution in [2.45, 2.75) is 471 Å². The van der Waals surface area contributed by atoms with E-state index in [9.17, 15) is 43.2 Å². The Morgan fingerprint density at radius 3 is 0.724 bits per heavy atom. The van der Waals surface area contributed by atoms with Gasteiger partial charge in [-0.1, -0.05) is 402 Å². The number of carbonyl (C=O) groups excluding carboxylic acids is 4. The molecule has 0 aliphatic rings. The molecule has 0 saturated heterocycles. The van der Waals surface area contributed by atoms with Crippen molar-refractivity contribution in [1.82, 2.24) is 0 Å². The number of unbranched alkanes of at least 4 members (excludes halogenated alkanes) is 51. The molecule has 0 aromatic rings. The molecule has 105 heavy (non-hydrogen) atoms. The van der Waals surface area contributed by atoms with Gasteiger partial charge in [-0.25, -0.2) is 9.13 Å². The van der Waals surface area contributed by atoms with E-state index in [4.69, 9.17) is 37.0 Å². The smallest absolute Gasteiger partial charge is 0.462 e. The lowest BCUT2D eigenvalue weighted by Crippen LogP contribution is -2.30. The summed E-state index contributed by atoms with van der Waals surface area (Å²) < 4.78 is 68.9. The molecule has 0 aliphatic carbocycles. The second-order valence-corrected chi connectivity index (χ2v) is 35.0. The van der Waals surface area contributed by atoms with Crippen LogP contribution in [-0.2, 0) is 65.4 Å². The maximum Gasteiger partial charge on any atom is 0.472 e. The average Bonchev–Trinajstić information content (AvgIpc) is 0.965. The summed E-state index contributed by atoms with van der Waals surface area (Å²) in [6.45, 7) is 12.1. The molecule has 6 atom stereocenters. The summed E-state index contributed by atoms with van der Waals surface area (Å²) in [5.74, 6) is 0.311. The first-order valence-electron chi connectivity index (χ1n) is 44.4. The number of esters is 4. The minimum absolute atomic E-state index is 0.108. The normalized spacial score (nSPS) is 14.1. The fraction of sp³-hybridized carbons (Fsp3) is 0.953. The zero-order chi connectivity index (χ0) is 77.2. The first kappa shape index (κ1) is 103. The highest BCUT2D eigenvalue weighted by molar-refractivity contribution is 7.47. The van der Waals surface area contributed by atoms with Gasteiger partial charge in [-0.2, -0.15) is 0 Å². The molecule has 0 aliphatic heterocycles. The maximum atomic E-state index is 13.1. The number of phosphoric ester groups is 2. The summed E-state index contributed by atoms with van der Waals surface area (Å²) in [5, 5.41) is 10.7. The lowest BCUT2D eigenvalue weighted by Gasteiger charge is -2.21. The largest absolute Gasteiger partial charge is 0.472 e. The van der Waals surface area contributed by atoms with Crippen molar-refractivity contribution in [3.63, 3.8) is 0 Å². The molecule has 0 saturated carbocycles. The van der Waals surface area contributed by atoms with Gasteiger partial charge in [0.15, 0.2) is 12.2 Å². The summed E-state index contributed by atoms with van der Waals surface area (Å²) in [7, 11) is -9.93. The molecule has 19 heteroatoms. The highest BCUT2D eigenvalue weighted by Crippen LogP contribution is 2.45. The molecule has 0 spiro atoms. The third-order valence-electron chi connectivity index (χ3n) is 20.5. The monoisotopic (exact) mass is 1540 g/mol. The van der Waals surface area contributed by atoms with E-state index in [1.807, 2.05) is 0 Å². The van der Waals surface area contributed by atoms with E-state index in [0.717, 1.165) is 108 Å². The molecule has 0 aromatic heterocycles. The van der Waals surface area contributed by atoms with Gasteiger partial charge in [0.2, 0.25) is 0 Å². The summed E-state index contributed by atoms with van der Waals surface area (Å²) in [6.07, 6.45) is 66.5. The third kappa shape index (κ3) is 78.5. The Kier molecular flexibility index (Phi) is 74.7. The first-order chi connectivity index (χ1) is 50.8. The molecule has 0 radical (unpaired) electrons. The minimum atomic E-state index is -4.97. The van der Waals surface area contributed by atoms with Crippen LogP contribution in [-0.4, -0.2) is 96.7 Å². The lowest BCUT2D eigenvalue weighted by atomic mass is 9.99. The van der Waals surface area contributed by atoms with Crippen molar-refractivity contribution in [2.24, 2.45) is 17.8 Å². The van der Waals surface area contributed by atoms with Crippen LogP contribution in [0.25, 0.3) is 0 Å². The molecular weight excluding hydrogens is 1370 g/mol. The van der Waals surface area contributed by atoms with Crippen molar-refractivity contribution in [3.05, 3.63) is 0 Å².